The van der Waals surface area contributed by atoms with Crippen LogP contribution in [0.15, 0.2) is 0 Å². The van der Waals surface area contributed by atoms with Crippen molar-refractivity contribution in [2.45, 2.75) is 12.3 Å². The molecule has 0 aliphatic heterocycles. The van der Waals surface area contributed by atoms with Crippen LogP contribution in [0.5, 0.6) is 0 Å². The van der Waals surface area contributed by atoms with Gasteiger partial charge in [0.15, 0.2) is 23.3 Å². The Labute approximate surface area is 91.0 Å². The van der Waals surface area contributed by atoms with Crippen molar-refractivity contribution in [2.24, 2.45) is 5.73 Å². The molecule has 0 aliphatic carbocycles. The van der Waals surface area contributed by atoms with Crippen LogP contribution in [0.4, 0.5) is 30.7 Å². The van der Waals surface area contributed by atoms with Gasteiger partial charge in [0.1, 0.15) is 0 Å². The number of halogens is 7. The normalized spacial score (nSPS) is 12.0. The standard InChI is InChI=1S/C9H6F7N/c10-4-3(1-9(15,16)2-17)5(11)7(13)8(14)6(4)12/h1-2,17H2. The Morgan fingerprint density at radius 1 is 0.765 bits per heavy atom. The van der Waals surface area contributed by atoms with Crippen molar-refractivity contribution >= 4 is 0 Å². The van der Waals surface area contributed by atoms with Crippen molar-refractivity contribution in [1.82, 2.24) is 0 Å². The van der Waals surface area contributed by atoms with Gasteiger partial charge in [0, 0.05) is 12.0 Å². The van der Waals surface area contributed by atoms with Gasteiger partial charge in [-0.05, 0) is 0 Å². The smallest absolute Gasteiger partial charge is 0.264 e. The minimum Gasteiger partial charge on any atom is -0.325 e. The molecule has 0 radical (unpaired) electrons. The van der Waals surface area contributed by atoms with E-state index in [1.807, 2.05) is 0 Å². The Bertz CT molecular complexity index is 414. The second-order valence-electron chi connectivity index (χ2n) is 3.29. The number of alkyl halides is 2. The summed E-state index contributed by atoms with van der Waals surface area (Å²) < 4.78 is 89.3. The van der Waals surface area contributed by atoms with Crippen LogP contribution in [0, 0.1) is 29.1 Å². The van der Waals surface area contributed by atoms with E-state index in [1.165, 1.54) is 0 Å². The lowest BCUT2D eigenvalue weighted by molar-refractivity contribution is 0.00940. The lowest BCUT2D eigenvalue weighted by atomic mass is 10.0. The molecule has 1 aromatic rings. The number of rotatable bonds is 3. The van der Waals surface area contributed by atoms with Crippen LogP contribution in [-0.2, 0) is 6.42 Å². The number of hydrogen-bond donors (Lipinski definition) is 1. The van der Waals surface area contributed by atoms with Crippen molar-refractivity contribution in [2.75, 3.05) is 6.54 Å². The molecule has 96 valence electrons. The maximum absolute atomic E-state index is 13.0. The molecule has 17 heavy (non-hydrogen) atoms. The van der Waals surface area contributed by atoms with E-state index in [0.717, 1.165) is 0 Å². The summed E-state index contributed by atoms with van der Waals surface area (Å²) in [5.41, 5.74) is 3.03. The number of hydrogen-bond acceptors (Lipinski definition) is 1. The molecule has 0 heterocycles. The predicted molar refractivity (Wildman–Crippen MR) is 43.9 cm³/mol. The first-order valence-corrected chi connectivity index (χ1v) is 4.29. The zero-order chi connectivity index (χ0) is 13.4. The molecule has 0 aromatic heterocycles. The third-order valence-electron chi connectivity index (χ3n) is 2.03. The average Bonchev–Trinajstić information content (AvgIpc) is 2.30. The Morgan fingerprint density at radius 2 is 1.12 bits per heavy atom. The molecule has 1 aromatic carbocycles. The second kappa shape index (κ2) is 4.52. The highest BCUT2D eigenvalue weighted by molar-refractivity contribution is 5.25. The molecule has 8 heteroatoms. The summed E-state index contributed by atoms with van der Waals surface area (Å²) in [7, 11) is 0. The van der Waals surface area contributed by atoms with Gasteiger partial charge in [0.2, 0.25) is 5.82 Å². The molecule has 1 nitrogen and oxygen atoms in total. The minimum atomic E-state index is -3.75. The molecule has 0 fully saturated rings. The van der Waals surface area contributed by atoms with E-state index in [4.69, 9.17) is 0 Å². The Morgan fingerprint density at radius 3 is 1.47 bits per heavy atom. The van der Waals surface area contributed by atoms with Gasteiger partial charge < -0.3 is 5.73 Å². The zero-order valence-electron chi connectivity index (χ0n) is 8.14. The van der Waals surface area contributed by atoms with Crippen molar-refractivity contribution in [3.8, 4) is 0 Å². The van der Waals surface area contributed by atoms with Crippen molar-refractivity contribution in [3.05, 3.63) is 34.6 Å². The van der Waals surface area contributed by atoms with Gasteiger partial charge in [-0.25, -0.2) is 30.7 Å². The van der Waals surface area contributed by atoms with Crippen LogP contribution in [0.2, 0.25) is 0 Å². The predicted octanol–water partition coefficient (Wildman–Crippen LogP) is 2.52. The molecule has 0 saturated heterocycles. The molecule has 0 bridgehead atoms. The molecule has 2 N–H and O–H groups in total. The molecular formula is C9H6F7N. The zero-order valence-corrected chi connectivity index (χ0v) is 8.14. The fraction of sp³-hybridized carbons (Fsp3) is 0.333. The average molecular weight is 261 g/mol. The quantitative estimate of drug-likeness (QED) is 0.505. The molecule has 0 aliphatic rings. The van der Waals surface area contributed by atoms with Crippen LogP contribution in [-0.4, -0.2) is 12.5 Å². The van der Waals surface area contributed by atoms with Crippen LogP contribution < -0.4 is 5.73 Å². The topological polar surface area (TPSA) is 26.0 Å². The van der Waals surface area contributed by atoms with Crippen molar-refractivity contribution < 1.29 is 30.7 Å². The Kier molecular flexibility index (Phi) is 3.65. The van der Waals surface area contributed by atoms with Crippen LogP contribution in [0.25, 0.3) is 0 Å². The molecule has 0 spiro atoms. The fourth-order valence-corrected chi connectivity index (χ4v) is 1.14. The number of nitrogens with two attached hydrogens (primary N) is 1. The first kappa shape index (κ1) is 13.8. The van der Waals surface area contributed by atoms with Crippen LogP contribution in [0.1, 0.15) is 5.56 Å². The van der Waals surface area contributed by atoms with Gasteiger partial charge >= 0.3 is 0 Å². The third kappa shape index (κ3) is 2.51. The minimum absolute atomic E-state index is 1.27. The van der Waals surface area contributed by atoms with E-state index in [9.17, 15) is 30.7 Å². The van der Waals surface area contributed by atoms with E-state index < -0.39 is 53.5 Å². The summed E-state index contributed by atoms with van der Waals surface area (Å²) in [6.07, 6.45) is -1.66. The summed E-state index contributed by atoms with van der Waals surface area (Å²) >= 11 is 0. The Hall–Kier alpha value is -1.31. The van der Waals surface area contributed by atoms with Gasteiger partial charge in [-0.3, -0.25) is 0 Å². The molecule has 0 amide bonds. The molecule has 0 saturated carbocycles. The first-order chi connectivity index (χ1) is 7.71. The van der Waals surface area contributed by atoms with Gasteiger partial charge in [-0.15, -0.1) is 0 Å². The fourth-order valence-electron chi connectivity index (χ4n) is 1.14. The highest BCUT2D eigenvalue weighted by Gasteiger charge is 2.34. The van der Waals surface area contributed by atoms with E-state index >= 15 is 0 Å². The summed E-state index contributed by atoms with van der Waals surface area (Å²) in [6, 6.07) is 0. The van der Waals surface area contributed by atoms with E-state index in [2.05, 4.69) is 5.73 Å². The highest BCUT2D eigenvalue weighted by atomic mass is 19.3. The number of benzene rings is 1. The highest BCUT2D eigenvalue weighted by Crippen LogP contribution is 2.27. The Balaban J connectivity index is 3.35. The SMILES string of the molecule is NCC(F)(F)Cc1c(F)c(F)c(F)c(F)c1F. The van der Waals surface area contributed by atoms with Gasteiger partial charge in [-0.2, -0.15) is 0 Å². The molecule has 0 atom stereocenters. The summed E-state index contributed by atoms with van der Waals surface area (Å²) in [6.45, 7) is -1.27. The molecule has 0 unspecified atom stereocenters. The van der Waals surface area contributed by atoms with Gasteiger partial charge in [-0.1, -0.05) is 0 Å². The van der Waals surface area contributed by atoms with Gasteiger partial charge in [0.05, 0.1) is 6.54 Å². The summed E-state index contributed by atoms with van der Waals surface area (Å²) in [5.74, 6) is -15.2. The first-order valence-electron chi connectivity index (χ1n) is 4.29. The summed E-state index contributed by atoms with van der Waals surface area (Å²) in [5, 5.41) is 0. The van der Waals surface area contributed by atoms with E-state index in [-0.39, 0.29) is 0 Å². The maximum Gasteiger partial charge on any atom is 0.264 e. The summed E-state index contributed by atoms with van der Waals surface area (Å²) in [4.78, 5) is 0. The second-order valence-corrected chi connectivity index (χ2v) is 3.29. The van der Waals surface area contributed by atoms with E-state index in [1.54, 1.807) is 0 Å². The maximum atomic E-state index is 13.0. The molecule has 1 rings (SSSR count). The van der Waals surface area contributed by atoms with Crippen molar-refractivity contribution in [1.29, 1.82) is 0 Å². The largest absolute Gasteiger partial charge is 0.325 e. The lowest BCUT2D eigenvalue weighted by Gasteiger charge is -2.15. The van der Waals surface area contributed by atoms with Gasteiger partial charge in [0.25, 0.3) is 5.92 Å². The monoisotopic (exact) mass is 261 g/mol. The van der Waals surface area contributed by atoms with Crippen LogP contribution >= 0.6 is 0 Å². The molecular weight excluding hydrogens is 255 g/mol. The lowest BCUT2D eigenvalue weighted by Crippen LogP contribution is -2.31. The third-order valence-corrected chi connectivity index (χ3v) is 2.03. The van der Waals surface area contributed by atoms with Crippen LogP contribution in [0.3, 0.4) is 0 Å². The van der Waals surface area contributed by atoms with E-state index in [0.29, 0.717) is 0 Å². The van der Waals surface area contributed by atoms with Crippen molar-refractivity contribution in [3.63, 3.8) is 0 Å².